The summed E-state index contributed by atoms with van der Waals surface area (Å²) in [5.41, 5.74) is 0. The Balaban J connectivity index is 1.15. The van der Waals surface area contributed by atoms with Gasteiger partial charge in [0.25, 0.3) is 0 Å². The van der Waals surface area contributed by atoms with E-state index in [1.54, 1.807) is 0 Å². The topological polar surface area (TPSA) is 307 Å². The van der Waals surface area contributed by atoms with Gasteiger partial charge in [0.15, 0.2) is 18.9 Å². The van der Waals surface area contributed by atoms with Gasteiger partial charge in [-0.2, -0.15) is 0 Å². The molecule has 0 aromatic carbocycles. The summed E-state index contributed by atoms with van der Waals surface area (Å²) >= 11 is 0. The van der Waals surface area contributed by atoms with E-state index in [4.69, 9.17) is 28.4 Å². The molecule has 89 heavy (non-hydrogen) atoms. The number of hydrogen-bond donors (Lipinski definition) is 12. The summed E-state index contributed by atoms with van der Waals surface area (Å²) in [5, 5.41) is 119. The fourth-order valence-corrected chi connectivity index (χ4v) is 13.0. The molecular formula is C70H135NO18. The van der Waals surface area contributed by atoms with Crippen LogP contribution in [0.4, 0.5) is 0 Å². The van der Waals surface area contributed by atoms with E-state index in [1.807, 2.05) is 6.92 Å². The third-order valence-electron chi connectivity index (χ3n) is 18.9. The first-order chi connectivity index (χ1) is 43.3. The van der Waals surface area contributed by atoms with Crippen LogP contribution in [0.25, 0.3) is 0 Å². The Labute approximate surface area is 538 Å². The van der Waals surface area contributed by atoms with Gasteiger partial charge in [0.1, 0.15) is 73.2 Å². The lowest BCUT2D eigenvalue weighted by Gasteiger charge is -2.48. The summed E-state index contributed by atoms with van der Waals surface area (Å²) in [7, 11) is 0. The zero-order chi connectivity index (χ0) is 64.7. The van der Waals surface area contributed by atoms with Crippen molar-refractivity contribution >= 4 is 5.91 Å². The van der Waals surface area contributed by atoms with Crippen LogP contribution in [0.3, 0.4) is 0 Å². The quantitative estimate of drug-likeness (QED) is 0.0252. The van der Waals surface area contributed by atoms with Crippen molar-refractivity contribution in [2.75, 3.05) is 26.4 Å². The van der Waals surface area contributed by atoms with Gasteiger partial charge in [-0.05, 0) is 12.8 Å². The highest BCUT2D eigenvalue weighted by atomic mass is 16.8. The molecule has 12 N–H and O–H groups in total. The van der Waals surface area contributed by atoms with Gasteiger partial charge < -0.3 is 89.9 Å². The highest BCUT2D eigenvalue weighted by Gasteiger charge is 2.53. The highest BCUT2D eigenvalue weighted by molar-refractivity contribution is 5.76. The van der Waals surface area contributed by atoms with E-state index in [0.717, 1.165) is 32.1 Å². The van der Waals surface area contributed by atoms with Crippen LogP contribution in [-0.2, 0) is 33.2 Å². The standard InChI is InChI=1S/C70H135NO18/c1-3-5-7-8-9-10-11-12-13-14-15-16-17-18-19-20-21-22-23-24-25-26-27-28-29-30-31-32-33-34-35-36-37-38-39-40-41-42-43-44-46-48-58(76)71-53(54(75)47-45-6-4-2)52-84-68-64(82)61(79)66(56(50-73)86-68)89-70-65(83)62(80)67(57(51-74)87-70)88-69-63(81)60(78)59(77)55(49-72)85-69/h53-57,59-70,72-75,77-83H,3-52H2,1-2H3,(H,71,76). The minimum atomic E-state index is -1.97. The van der Waals surface area contributed by atoms with Gasteiger partial charge in [0, 0.05) is 6.42 Å². The smallest absolute Gasteiger partial charge is 0.220 e. The molecule has 3 saturated heterocycles. The third-order valence-corrected chi connectivity index (χ3v) is 18.9. The number of carbonyl (C=O) groups is 1. The molecule has 3 aliphatic heterocycles. The van der Waals surface area contributed by atoms with E-state index >= 15 is 0 Å². The minimum Gasteiger partial charge on any atom is -0.394 e. The zero-order valence-electron chi connectivity index (χ0n) is 55.9. The second kappa shape index (κ2) is 53.0. The van der Waals surface area contributed by atoms with Gasteiger partial charge >= 0.3 is 0 Å². The SMILES string of the molecule is CCCCCCCCCCCCCCCCCCCCCCCCCCCCCCCCCCCCCCCCCCCC(=O)NC(COC1OC(CO)C(OC2OC(CO)C(OC3OC(CO)C(O)C(O)C3O)C(O)C2O)C(O)C1O)C(O)CCCCC. The van der Waals surface area contributed by atoms with Crippen molar-refractivity contribution in [3.63, 3.8) is 0 Å². The first-order valence-electron chi connectivity index (χ1n) is 36.8. The highest BCUT2D eigenvalue weighted by Crippen LogP contribution is 2.33. The van der Waals surface area contributed by atoms with Crippen LogP contribution in [0.15, 0.2) is 0 Å². The van der Waals surface area contributed by atoms with Crippen LogP contribution in [0.1, 0.15) is 309 Å². The first-order valence-corrected chi connectivity index (χ1v) is 36.8. The second-order valence-electron chi connectivity index (χ2n) is 26.8. The van der Waals surface area contributed by atoms with E-state index in [2.05, 4.69) is 12.2 Å². The fourth-order valence-electron chi connectivity index (χ4n) is 13.0. The molecule has 17 atom stereocenters. The van der Waals surface area contributed by atoms with Crippen molar-refractivity contribution in [2.45, 2.75) is 413 Å². The number of unbranched alkanes of at least 4 members (excludes halogenated alkanes) is 42. The lowest BCUT2D eigenvalue weighted by atomic mass is 9.96. The van der Waals surface area contributed by atoms with Crippen LogP contribution in [0.5, 0.6) is 0 Å². The predicted octanol–water partition coefficient (Wildman–Crippen LogP) is 10.3. The number of hydrogen-bond acceptors (Lipinski definition) is 18. The number of aliphatic hydroxyl groups is 11. The maximum absolute atomic E-state index is 13.2. The molecular weight excluding hydrogens is 1140 g/mol. The lowest BCUT2D eigenvalue weighted by Crippen LogP contribution is -2.66. The summed E-state index contributed by atoms with van der Waals surface area (Å²) in [6.07, 6.45) is 32.6. The van der Waals surface area contributed by atoms with E-state index in [1.165, 1.54) is 238 Å². The Hall–Kier alpha value is -1.21. The molecule has 3 aliphatic rings. The number of carbonyl (C=O) groups excluding carboxylic acids is 1. The monoisotopic (exact) mass is 1280 g/mol. The van der Waals surface area contributed by atoms with Gasteiger partial charge in [-0.15, -0.1) is 0 Å². The second-order valence-corrected chi connectivity index (χ2v) is 26.8. The Morgan fingerprint density at radius 2 is 0.640 bits per heavy atom. The number of aliphatic hydroxyl groups excluding tert-OH is 11. The number of rotatable bonds is 58. The maximum Gasteiger partial charge on any atom is 0.220 e. The minimum absolute atomic E-state index is 0.248. The first kappa shape index (κ1) is 82.0. The van der Waals surface area contributed by atoms with Crippen LogP contribution >= 0.6 is 0 Å². The van der Waals surface area contributed by atoms with Crippen LogP contribution < -0.4 is 5.32 Å². The van der Waals surface area contributed by atoms with Gasteiger partial charge in [-0.25, -0.2) is 0 Å². The van der Waals surface area contributed by atoms with E-state index in [9.17, 15) is 61.0 Å². The Bertz CT molecular complexity index is 1620. The fraction of sp³-hybridized carbons (Fsp3) is 0.986. The van der Waals surface area contributed by atoms with Gasteiger partial charge in [0.05, 0.1) is 38.6 Å². The number of amides is 1. The summed E-state index contributed by atoms with van der Waals surface area (Å²) in [5.74, 6) is -0.248. The molecule has 0 aromatic rings. The molecule has 3 rings (SSSR count). The Morgan fingerprint density at radius 1 is 0.360 bits per heavy atom. The van der Waals surface area contributed by atoms with Crippen molar-refractivity contribution in [3.8, 4) is 0 Å². The van der Waals surface area contributed by atoms with Crippen molar-refractivity contribution in [2.24, 2.45) is 0 Å². The lowest BCUT2D eigenvalue weighted by molar-refractivity contribution is -0.379. The normalized spacial score (nSPS) is 28.1. The van der Waals surface area contributed by atoms with Crippen molar-refractivity contribution in [3.05, 3.63) is 0 Å². The molecule has 0 bridgehead atoms. The molecule has 19 nitrogen and oxygen atoms in total. The number of ether oxygens (including phenoxy) is 6. The Kier molecular flexibility index (Phi) is 48.8. The maximum atomic E-state index is 13.2. The van der Waals surface area contributed by atoms with Crippen LogP contribution in [-0.4, -0.2) is 193 Å². The third kappa shape index (κ3) is 34.9. The van der Waals surface area contributed by atoms with Gasteiger partial charge in [0.2, 0.25) is 5.91 Å². The van der Waals surface area contributed by atoms with E-state index in [-0.39, 0.29) is 18.9 Å². The van der Waals surface area contributed by atoms with Crippen molar-refractivity contribution in [1.82, 2.24) is 5.32 Å². The van der Waals surface area contributed by atoms with E-state index < -0.39 is 124 Å². The molecule has 1 amide bonds. The largest absolute Gasteiger partial charge is 0.394 e. The average Bonchev–Trinajstić information content (AvgIpc) is 1.74. The summed E-state index contributed by atoms with van der Waals surface area (Å²) < 4.78 is 34.1. The van der Waals surface area contributed by atoms with Crippen molar-refractivity contribution in [1.29, 1.82) is 0 Å². The molecule has 3 heterocycles. The molecule has 19 heteroatoms. The van der Waals surface area contributed by atoms with Crippen molar-refractivity contribution < 1.29 is 89.4 Å². The molecule has 17 unspecified atom stereocenters. The molecule has 0 saturated carbocycles. The number of nitrogens with one attached hydrogen (secondary N) is 1. The van der Waals surface area contributed by atoms with Crippen LogP contribution in [0, 0.1) is 0 Å². The average molecular weight is 1280 g/mol. The molecule has 0 spiro atoms. The molecule has 3 fully saturated rings. The summed E-state index contributed by atoms with van der Waals surface area (Å²) in [4.78, 5) is 13.2. The summed E-state index contributed by atoms with van der Waals surface area (Å²) in [6, 6.07) is -0.878. The molecule has 0 radical (unpaired) electrons. The molecule has 0 aromatic heterocycles. The summed E-state index contributed by atoms with van der Waals surface area (Å²) in [6.45, 7) is 1.64. The van der Waals surface area contributed by atoms with Gasteiger partial charge in [-0.1, -0.05) is 290 Å². The van der Waals surface area contributed by atoms with E-state index in [0.29, 0.717) is 19.3 Å². The predicted molar refractivity (Wildman–Crippen MR) is 347 cm³/mol. The molecule has 528 valence electrons. The zero-order valence-corrected chi connectivity index (χ0v) is 55.9. The van der Waals surface area contributed by atoms with Gasteiger partial charge in [-0.3, -0.25) is 4.79 Å². The Morgan fingerprint density at radius 3 is 0.978 bits per heavy atom. The van der Waals surface area contributed by atoms with Crippen LogP contribution in [0.2, 0.25) is 0 Å². The molecule has 0 aliphatic carbocycles.